The van der Waals surface area contributed by atoms with E-state index in [1.807, 2.05) is 43.5 Å². The highest BCUT2D eigenvalue weighted by Crippen LogP contribution is 2.29. The van der Waals surface area contributed by atoms with Crippen molar-refractivity contribution >= 4 is 22.9 Å². The average Bonchev–Trinajstić information content (AvgIpc) is 3.30. The monoisotopic (exact) mass is 441 g/mol. The van der Waals surface area contributed by atoms with E-state index in [2.05, 4.69) is 10.3 Å². The molecular formula is C23H27N3O4S. The van der Waals surface area contributed by atoms with Gasteiger partial charge < -0.3 is 25.3 Å². The number of hydrogen-bond acceptors (Lipinski definition) is 7. The Balaban J connectivity index is 1.47. The van der Waals surface area contributed by atoms with Crippen LogP contribution in [0.5, 0.6) is 17.2 Å². The van der Waals surface area contributed by atoms with Crippen LogP contribution in [0.1, 0.15) is 19.4 Å². The zero-order valence-electron chi connectivity index (χ0n) is 17.7. The fourth-order valence-corrected chi connectivity index (χ4v) is 3.55. The molecule has 1 aromatic heterocycles. The number of nitrogens with one attached hydrogen (secondary N) is 1. The molecule has 31 heavy (non-hydrogen) atoms. The number of amides is 1. The van der Waals surface area contributed by atoms with Gasteiger partial charge in [-0.3, -0.25) is 4.79 Å². The molecule has 0 aliphatic rings. The highest BCUT2D eigenvalue weighted by atomic mass is 32.1. The summed E-state index contributed by atoms with van der Waals surface area (Å²) in [6.07, 6.45) is 0.669. The summed E-state index contributed by atoms with van der Waals surface area (Å²) >= 11 is 1.52. The van der Waals surface area contributed by atoms with Crippen molar-refractivity contribution in [1.29, 1.82) is 0 Å². The number of nitrogens with two attached hydrogens (primary N) is 1. The van der Waals surface area contributed by atoms with Gasteiger partial charge in [-0.1, -0.05) is 6.07 Å². The minimum atomic E-state index is -0.209. The topological polar surface area (TPSA) is 95.7 Å². The number of nitrogen functional groups attached to an aromatic ring is 1. The van der Waals surface area contributed by atoms with Crippen molar-refractivity contribution in [3.05, 3.63) is 52.9 Å². The van der Waals surface area contributed by atoms with Crippen LogP contribution in [-0.2, 0) is 11.2 Å². The molecule has 3 N–H and O–H groups in total. The van der Waals surface area contributed by atoms with Crippen LogP contribution in [0.3, 0.4) is 0 Å². The fourth-order valence-electron chi connectivity index (χ4n) is 2.99. The van der Waals surface area contributed by atoms with Crippen molar-refractivity contribution in [2.75, 3.05) is 32.1 Å². The molecule has 0 atom stereocenters. The Bertz CT molecular complexity index is 992. The summed E-state index contributed by atoms with van der Waals surface area (Å²) in [5, 5.41) is 4.81. The number of carbonyl (C=O) groups excluding carboxylic acids is 1. The molecule has 164 valence electrons. The molecule has 3 aromatic rings. The first-order chi connectivity index (χ1) is 15.1. The Hall–Kier alpha value is -3.26. The zero-order chi connectivity index (χ0) is 22.1. The Kier molecular flexibility index (Phi) is 8.12. The smallest absolute Gasteiger partial charge is 0.257 e. The van der Waals surface area contributed by atoms with Gasteiger partial charge in [0.25, 0.3) is 5.91 Å². The fraction of sp³-hybridized carbons (Fsp3) is 0.304. The normalized spacial score (nSPS) is 10.5. The number of hydrogen-bond donors (Lipinski definition) is 2. The molecule has 0 bridgehead atoms. The van der Waals surface area contributed by atoms with Crippen molar-refractivity contribution in [2.24, 2.45) is 0 Å². The summed E-state index contributed by atoms with van der Waals surface area (Å²) < 4.78 is 16.8. The number of benzene rings is 2. The van der Waals surface area contributed by atoms with Gasteiger partial charge in [-0.25, -0.2) is 4.98 Å². The van der Waals surface area contributed by atoms with Crippen LogP contribution in [0, 0.1) is 0 Å². The van der Waals surface area contributed by atoms with Crippen LogP contribution in [0.15, 0.2) is 47.3 Å². The second-order valence-electron chi connectivity index (χ2n) is 6.66. The van der Waals surface area contributed by atoms with E-state index in [9.17, 15) is 4.79 Å². The van der Waals surface area contributed by atoms with E-state index in [1.54, 1.807) is 17.6 Å². The van der Waals surface area contributed by atoms with Gasteiger partial charge in [-0.15, -0.1) is 11.3 Å². The maximum Gasteiger partial charge on any atom is 0.257 e. The van der Waals surface area contributed by atoms with Crippen molar-refractivity contribution < 1.29 is 19.0 Å². The van der Waals surface area contributed by atoms with Crippen molar-refractivity contribution in [2.45, 2.75) is 20.3 Å². The van der Waals surface area contributed by atoms with Gasteiger partial charge in [-0.2, -0.15) is 0 Å². The molecule has 8 heteroatoms. The van der Waals surface area contributed by atoms with Crippen molar-refractivity contribution in [1.82, 2.24) is 10.3 Å². The quantitative estimate of drug-likeness (QED) is 0.438. The molecule has 0 radical (unpaired) electrons. The predicted octanol–water partition coefficient (Wildman–Crippen LogP) is 3.93. The maximum atomic E-state index is 12.2. The molecule has 7 nitrogen and oxygen atoms in total. The summed E-state index contributed by atoms with van der Waals surface area (Å²) in [7, 11) is 0. The molecule has 0 spiro atoms. The second kappa shape index (κ2) is 11.2. The number of aromatic nitrogens is 1. The third-order valence-corrected chi connectivity index (χ3v) is 5.03. The lowest BCUT2D eigenvalue weighted by molar-refractivity contribution is -0.123. The lowest BCUT2D eigenvalue weighted by atomic mass is 10.1. The van der Waals surface area contributed by atoms with E-state index >= 15 is 0 Å². The summed E-state index contributed by atoms with van der Waals surface area (Å²) in [4.78, 5) is 16.4. The first-order valence-corrected chi connectivity index (χ1v) is 11.1. The number of nitrogens with zero attached hydrogens (tertiary/aromatic N) is 1. The maximum absolute atomic E-state index is 12.2. The summed E-state index contributed by atoms with van der Waals surface area (Å²) in [6.45, 7) is 5.39. The number of carbonyl (C=O) groups is 1. The first kappa shape index (κ1) is 22.4. The first-order valence-electron chi connectivity index (χ1n) is 10.2. The summed E-state index contributed by atoms with van der Waals surface area (Å²) in [5.74, 6) is 1.71. The molecule has 3 rings (SSSR count). The molecule has 0 aliphatic heterocycles. The van der Waals surface area contributed by atoms with Crippen LogP contribution >= 0.6 is 11.3 Å². The number of anilines is 1. The van der Waals surface area contributed by atoms with Gasteiger partial charge in [0.1, 0.15) is 5.75 Å². The molecule has 0 saturated carbocycles. The lowest BCUT2D eigenvalue weighted by Gasteiger charge is -2.13. The largest absolute Gasteiger partial charge is 0.490 e. The van der Waals surface area contributed by atoms with E-state index < -0.39 is 0 Å². The van der Waals surface area contributed by atoms with E-state index in [1.165, 1.54) is 11.3 Å². The van der Waals surface area contributed by atoms with Crippen LogP contribution < -0.4 is 25.3 Å². The van der Waals surface area contributed by atoms with Gasteiger partial charge in [0.05, 0.1) is 30.1 Å². The summed E-state index contributed by atoms with van der Waals surface area (Å²) in [6, 6.07) is 11.2. The molecule has 0 unspecified atom stereocenters. The van der Waals surface area contributed by atoms with E-state index in [0.717, 1.165) is 22.6 Å². The van der Waals surface area contributed by atoms with Gasteiger partial charge in [0, 0.05) is 17.5 Å². The average molecular weight is 442 g/mol. The number of rotatable bonds is 11. The predicted molar refractivity (Wildman–Crippen MR) is 123 cm³/mol. The second-order valence-corrected chi connectivity index (χ2v) is 7.38. The van der Waals surface area contributed by atoms with Crippen LogP contribution in [0.25, 0.3) is 11.3 Å². The highest BCUT2D eigenvalue weighted by molar-refractivity contribution is 7.07. The number of ether oxygens (including phenoxy) is 3. The third kappa shape index (κ3) is 6.36. The van der Waals surface area contributed by atoms with Gasteiger partial charge in [0.15, 0.2) is 18.1 Å². The van der Waals surface area contributed by atoms with E-state index in [-0.39, 0.29) is 12.5 Å². The standard InChI is InChI=1S/C23H27N3O4S/c1-3-28-21-7-5-16(11-22(21)29-4-2)9-10-25-23(27)13-30-20-8-6-17(12-18(20)24)19-14-31-15-26-19/h5-8,11-12,14-15H,3-4,9-10,13,24H2,1-2H3,(H,25,27). The van der Waals surface area contributed by atoms with Crippen LogP contribution in [0.2, 0.25) is 0 Å². The summed E-state index contributed by atoms with van der Waals surface area (Å²) in [5.41, 5.74) is 11.1. The Morgan fingerprint density at radius 2 is 1.81 bits per heavy atom. The van der Waals surface area contributed by atoms with Gasteiger partial charge >= 0.3 is 0 Å². The zero-order valence-corrected chi connectivity index (χ0v) is 18.5. The SMILES string of the molecule is CCOc1ccc(CCNC(=O)COc2ccc(-c3cscn3)cc2N)cc1OCC. The Morgan fingerprint density at radius 3 is 2.52 bits per heavy atom. The van der Waals surface area contributed by atoms with E-state index in [0.29, 0.717) is 43.4 Å². The third-order valence-electron chi connectivity index (χ3n) is 4.44. The van der Waals surface area contributed by atoms with Crippen LogP contribution in [-0.4, -0.2) is 37.3 Å². The van der Waals surface area contributed by atoms with Gasteiger partial charge in [-0.05, 0) is 56.2 Å². The highest BCUT2D eigenvalue weighted by Gasteiger charge is 2.09. The van der Waals surface area contributed by atoms with Crippen LogP contribution in [0.4, 0.5) is 5.69 Å². The van der Waals surface area contributed by atoms with Crippen molar-refractivity contribution in [3.63, 3.8) is 0 Å². The molecule has 2 aromatic carbocycles. The van der Waals surface area contributed by atoms with E-state index in [4.69, 9.17) is 19.9 Å². The lowest BCUT2D eigenvalue weighted by Crippen LogP contribution is -2.30. The molecule has 0 aliphatic carbocycles. The minimum absolute atomic E-state index is 0.103. The molecule has 0 fully saturated rings. The molecular weight excluding hydrogens is 414 g/mol. The van der Waals surface area contributed by atoms with Crippen molar-refractivity contribution in [3.8, 4) is 28.5 Å². The Morgan fingerprint density at radius 1 is 1.03 bits per heavy atom. The molecule has 1 heterocycles. The Labute approximate surface area is 186 Å². The van der Waals surface area contributed by atoms with Gasteiger partial charge in [0.2, 0.25) is 0 Å². The minimum Gasteiger partial charge on any atom is -0.490 e. The molecule has 1 amide bonds. The molecule has 0 saturated heterocycles. The number of thiazole rings is 1.